The molecular weight excluding hydrogens is 348 g/mol. The molecule has 0 unspecified atom stereocenters. The summed E-state index contributed by atoms with van der Waals surface area (Å²) in [5.74, 6) is 0.495. The summed E-state index contributed by atoms with van der Waals surface area (Å²) in [7, 11) is 0. The quantitative estimate of drug-likeness (QED) is 0.573. The number of anilines is 1. The van der Waals surface area contributed by atoms with E-state index in [-0.39, 0.29) is 5.91 Å². The SMILES string of the molecule is Cc1nc2cccc(NC(=O)CCc3csc(-c4cccnc4)n3)c2o1. The van der Waals surface area contributed by atoms with Crippen LogP contribution in [-0.2, 0) is 11.2 Å². The Morgan fingerprint density at radius 1 is 1.23 bits per heavy atom. The fourth-order valence-electron chi connectivity index (χ4n) is 2.66. The van der Waals surface area contributed by atoms with Crippen LogP contribution >= 0.6 is 11.3 Å². The molecule has 130 valence electrons. The Hall–Kier alpha value is -3.06. The minimum absolute atomic E-state index is 0.0810. The van der Waals surface area contributed by atoms with Crippen LogP contribution in [0.25, 0.3) is 21.7 Å². The number of hydrogen-bond donors (Lipinski definition) is 1. The van der Waals surface area contributed by atoms with Gasteiger partial charge >= 0.3 is 0 Å². The van der Waals surface area contributed by atoms with E-state index in [9.17, 15) is 4.79 Å². The van der Waals surface area contributed by atoms with Gasteiger partial charge in [-0.1, -0.05) is 6.07 Å². The fraction of sp³-hybridized carbons (Fsp3) is 0.158. The lowest BCUT2D eigenvalue weighted by atomic mass is 10.2. The number of aryl methyl sites for hydroxylation is 2. The lowest BCUT2D eigenvalue weighted by Gasteiger charge is -2.04. The van der Waals surface area contributed by atoms with Crippen molar-refractivity contribution in [1.29, 1.82) is 0 Å². The van der Waals surface area contributed by atoms with E-state index < -0.39 is 0 Å². The van der Waals surface area contributed by atoms with Gasteiger partial charge in [0.15, 0.2) is 11.5 Å². The summed E-state index contributed by atoms with van der Waals surface area (Å²) in [4.78, 5) is 25.3. The zero-order valence-corrected chi connectivity index (χ0v) is 14.9. The van der Waals surface area contributed by atoms with Gasteiger partial charge in [-0.2, -0.15) is 0 Å². The summed E-state index contributed by atoms with van der Waals surface area (Å²) in [6, 6.07) is 9.38. The number of benzene rings is 1. The Bertz CT molecular complexity index is 1060. The molecule has 3 heterocycles. The number of thiazole rings is 1. The number of carbonyl (C=O) groups excluding carboxylic acids is 1. The highest BCUT2D eigenvalue weighted by molar-refractivity contribution is 7.13. The topological polar surface area (TPSA) is 80.9 Å². The van der Waals surface area contributed by atoms with Gasteiger partial charge < -0.3 is 9.73 Å². The number of aromatic nitrogens is 3. The van der Waals surface area contributed by atoms with Crippen molar-refractivity contribution in [1.82, 2.24) is 15.0 Å². The molecule has 0 aliphatic heterocycles. The van der Waals surface area contributed by atoms with Gasteiger partial charge in [-0.05, 0) is 30.7 Å². The van der Waals surface area contributed by atoms with Crippen molar-refractivity contribution in [2.24, 2.45) is 0 Å². The number of fused-ring (bicyclic) bond motifs is 1. The molecule has 0 radical (unpaired) electrons. The predicted octanol–water partition coefficient (Wildman–Crippen LogP) is 4.23. The molecule has 1 amide bonds. The number of pyridine rings is 1. The van der Waals surface area contributed by atoms with E-state index in [0.29, 0.717) is 30.0 Å². The van der Waals surface area contributed by atoms with E-state index in [1.54, 1.807) is 30.7 Å². The maximum absolute atomic E-state index is 12.3. The monoisotopic (exact) mass is 364 g/mol. The van der Waals surface area contributed by atoms with Gasteiger partial charge in [0.1, 0.15) is 10.5 Å². The molecule has 0 saturated heterocycles. The molecule has 4 aromatic rings. The molecule has 0 saturated carbocycles. The average Bonchev–Trinajstić information content (AvgIpc) is 3.27. The molecule has 0 fully saturated rings. The lowest BCUT2D eigenvalue weighted by molar-refractivity contribution is -0.116. The van der Waals surface area contributed by atoms with E-state index in [1.807, 2.05) is 35.7 Å². The second-order valence-electron chi connectivity index (χ2n) is 5.82. The van der Waals surface area contributed by atoms with Crippen LogP contribution in [0.3, 0.4) is 0 Å². The Balaban J connectivity index is 1.40. The van der Waals surface area contributed by atoms with Crippen molar-refractivity contribution in [3.05, 3.63) is 59.7 Å². The van der Waals surface area contributed by atoms with Crippen LogP contribution in [0.15, 0.2) is 52.5 Å². The fourth-order valence-corrected chi connectivity index (χ4v) is 3.50. The number of para-hydroxylation sites is 1. The molecule has 0 aliphatic rings. The summed E-state index contributed by atoms with van der Waals surface area (Å²) < 4.78 is 5.57. The molecule has 0 spiro atoms. The summed E-state index contributed by atoms with van der Waals surface area (Å²) in [6.07, 6.45) is 4.45. The van der Waals surface area contributed by atoms with E-state index in [2.05, 4.69) is 20.3 Å². The maximum Gasteiger partial charge on any atom is 0.224 e. The van der Waals surface area contributed by atoms with Crippen LogP contribution in [0.1, 0.15) is 18.0 Å². The van der Waals surface area contributed by atoms with Crippen molar-refractivity contribution in [3.8, 4) is 10.6 Å². The van der Waals surface area contributed by atoms with Gasteiger partial charge in [0.05, 0.1) is 11.4 Å². The summed E-state index contributed by atoms with van der Waals surface area (Å²) in [5.41, 5.74) is 3.87. The van der Waals surface area contributed by atoms with Gasteiger partial charge in [0, 0.05) is 36.7 Å². The third-order valence-electron chi connectivity index (χ3n) is 3.86. The summed E-state index contributed by atoms with van der Waals surface area (Å²) in [6.45, 7) is 1.79. The Kier molecular flexibility index (Phi) is 4.45. The molecular formula is C19H16N4O2S. The largest absolute Gasteiger partial charge is 0.439 e. The molecule has 0 atom stereocenters. The molecule has 26 heavy (non-hydrogen) atoms. The van der Waals surface area contributed by atoms with Crippen molar-refractivity contribution in [3.63, 3.8) is 0 Å². The van der Waals surface area contributed by atoms with E-state index in [0.717, 1.165) is 21.8 Å². The molecule has 4 rings (SSSR count). The number of nitrogens with one attached hydrogen (secondary N) is 1. The standard InChI is InChI=1S/C19H16N4O2S/c1-12-21-15-5-2-6-16(18(15)25-12)23-17(24)8-7-14-11-26-19(22-14)13-4-3-9-20-10-13/h2-6,9-11H,7-8H2,1H3,(H,23,24). The minimum atomic E-state index is -0.0810. The number of rotatable bonds is 5. The van der Waals surface area contributed by atoms with Gasteiger partial charge in [-0.3, -0.25) is 9.78 Å². The van der Waals surface area contributed by atoms with E-state index >= 15 is 0 Å². The molecule has 1 aromatic carbocycles. The van der Waals surface area contributed by atoms with Crippen molar-refractivity contribution in [2.75, 3.05) is 5.32 Å². The molecule has 0 bridgehead atoms. The van der Waals surface area contributed by atoms with Gasteiger partial charge in [0.25, 0.3) is 0 Å². The highest BCUT2D eigenvalue weighted by Gasteiger charge is 2.12. The number of amides is 1. The normalized spacial score (nSPS) is 11.0. The number of nitrogens with zero attached hydrogens (tertiary/aromatic N) is 3. The summed E-state index contributed by atoms with van der Waals surface area (Å²) in [5, 5.41) is 5.79. The van der Waals surface area contributed by atoms with Crippen molar-refractivity contribution >= 4 is 34.0 Å². The first-order valence-corrected chi connectivity index (χ1v) is 9.08. The molecule has 0 aliphatic carbocycles. The third kappa shape index (κ3) is 3.48. The molecule has 6 nitrogen and oxygen atoms in total. The molecule has 1 N–H and O–H groups in total. The first-order chi connectivity index (χ1) is 12.7. The van der Waals surface area contributed by atoms with Crippen LogP contribution in [0.4, 0.5) is 5.69 Å². The van der Waals surface area contributed by atoms with Gasteiger partial charge in [-0.25, -0.2) is 9.97 Å². The third-order valence-corrected chi connectivity index (χ3v) is 4.80. The number of oxazole rings is 1. The average molecular weight is 364 g/mol. The van der Waals surface area contributed by atoms with Gasteiger partial charge in [-0.15, -0.1) is 11.3 Å². The molecule has 3 aromatic heterocycles. The second-order valence-corrected chi connectivity index (χ2v) is 6.68. The first-order valence-electron chi connectivity index (χ1n) is 8.20. The minimum Gasteiger partial charge on any atom is -0.439 e. The van der Waals surface area contributed by atoms with Crippen LogP contribution in [0.5, 0.6) is 0 Å². The van der Waals surface area contributed by atoms with E-state index in [4.69, 9.17) is 4.42 Å². The Morgan fingerprint density at radius 3 is 3.00 bits per heavy atom. The number of hydrogen-bond acceptors (Lipinski definition) is 6. The van der Waals surface area contributed by atoms with Crippen LogP contribution in [0.2, 0.25) is 0 Å². The van der Waals surface area contributed by atoms with Crippen LogP contribution < -0.4 is 5.32 Å². The Morgan fingerprint density at radius 2 is 2.15 bits per heavy atom. The molecule has 7 heteroatoms. The smallest absolute Gasteiger partial charge is 0.224 e. The van der Waals surface area contributed by atoms with Crippen LogP contribution in [-0.4, -0.2) is 20.9 Å². The highest BCUT2D eigenvalue weighted by atomic mass is 32.1. The second kappa shape index (κ2) is 7.05. The highest BCUT2D eigenvalue weighted by Crippen LogP contribution is 2.25. The van der Waals surface area contributed by atoms with Gasteiger partial charge in [0.2, 0.25) is 5.91 Å². The summed E-state index contributed by atoms with van der Waals surface area (Å²) >= 11 is 1.56. The zero-order valence-electron chi connectivity index (χ0n) is 14.1. The Labute approximate surface area is 153 Å². The first kappa shape index (κ1) is 16.4. The van der Waals surface area contributed by atoms with Crippen molar-refractivity contribution in [2.45, 2.75) is 19.8 Å². The van der Waals surface area contributed by atoms with Crippen LogP contribution in [0, 0.1) is 6.92 Å². The number of carbonyl (C=O) groups is 1. The van der Waals surface area contributed by atoms with E-state index in [1.165, 1.54) is 0 Å². The maximum atomic E-state index is 12.3. The zero-order chi connectivity index (χ0) is 17.9. The van der Waals surface area contributed by atoms with Crippen molar-refractivity contribution < 1.29 is 9.21 Å². The lowest BCUT2D eigenvalue weighted by Crippen LogP contribution is -2.12. The predicted molar refractivity (Wildman–Crippen MR) is 101 cm³/mol.